The molecule has 0 aliphatic carbocycles. The molecular weight excluding hydrogens is 248 g/mol. The summed E-state index contributed by atoms with van der Waals surface area (Å²) in [5, 5.41) is 3.39. The standard InChI is InChI=1S/C17H28N2O/c1-3-19(13-16-7-5-4-6-8-16)15-17(14-18-2)9-11-20-12-10-17/h4-8,18H,3,9-15H2,1-2H3. The van der Waals surface area contributed by atoms with Crippen LogP contribution in [0, 0.1) is 5.41 Å². The Hall–Kier alpha value is -0.900. The Labute approximate surface area is 123 Å². The Morgan fingerprint density at radius 1 is 1.20 bits per heavy atom. The van der Waals surface area contributed by atoms with E-state index in [4.69, 9.17) is 4.74 Å². The van der Waals surface area contributed by atoms with E-state index in [1.54, 1.807) is 0 Å². The van der Waals surface area contributed by atoms with E-state index >= 15 is 0 Å². The minimum Gasteiger partial charge on any atom is -0.381 e. The summed E-state index contributed by atoms with van der Waals surface area (Å²) in [6.45, 7) is 8.46. The first kappa shape index (κ1) is 15.5. The van der Waals surface area contributed by atoms with Crippen LogP contribution in [-0.2, 0) is 11.3 Å². The van der Waals surface area contributed by atoms with Crippen LogP contribution in [0.5, 0.6) is 0 Å². The molecule has 20 heavy (non-hydrogen) atoms. The van der Waals surface area contributed by atoms with Crippen molar-refractivity contribution in [3.63, 3.8) is 0 Å². The minimum absolute atomic E-state index is 0.373. The topological polar surface area (TPSA) is 24.5 Å². The fourth-order valence-corrected chi connectivity index (χ4v) is 3.17. The van der Waals surface area contributed by atoms with Crippen LogP contribution in [0.3, 0.4) is 0 Å². The van der Waals surface area contributed by atoms with Gasteiger partial charge in [-0.3, -0.25) is 4.90 Å². The van der Waals surface area contributed by atoms with Crippen molar-refractivity contribution in [1.29, 1.82) is 0 Å². The van der Waals surface area contributed by atoms with E-state index < -0.39 is 0 Å². The van der Waals surface area contributed by atoms with Gasteiger partial charge in [0.2, 0.25) is 0 Å². The second-order valence-corrected chi connectivity index (χ2v) is 5.93. The van der Waals surface area contributed by atoms with Crippen LogP contribution in [0.25, 0.3) is 0 Å². The number of rotatable bonds is 7. The van der Waals surface area contributed by atoms with Gasteiger partial charge in [-0.2, -0.15) is 0 Å². The molecule has 1 saturated heterocycles. The normalized spacial score (nSPS) is 18.4. The van der Waals surface area contributed by atoms with Gasteiger partial charge >= 0.3 is 0 Å². The summed E-state index contributed by atoms with van der Waals surface area (Å²) in [6, 6.07) is 10.8. The summed E-state index contributed by atoms with van der Waals surface area (Å²) in [5.74, 6) is 0. The molecule has 1 heterocycles. The van der Waals surface area contributed by atoms with E-state index in [1.165, 1.54) is 18.4 Å². The molecule has 1 N–H and O–H groups in total. The maximum Gasteiger partial charge on any atom is 0.0472 e. The number of nitrogens with zero attached hydrogens (tertiary/aromatic N) is 1. The number of hydrogen-bond donors (Lipinski definition) is 1. The first-order chi connectivity index (χ1) is 9.78. The van der Waals surface area contributed by atoms with E-state index in [0.717, 1.165) is 39.4 Å². The average Bonchev–Trinajstić information content (AvgIpc) is 2.49. The Kier molecular flexibility index (Phi) is 6.02. The summed E-state index contributed by atoms with van der Waals surface area (Å²) in [4.78, 5) is 2.57. The number of nitrogens with one attached hydrogen (secondary N) is 1. The molecule has 0 aromatic heterocycles. The van der Waals surface area contributed by atoms with E-state index in [0.29, 0.717) is 5.41 Å². The lowest BCUT2D eigenvalue weighted by atomic mass is 9.79. The smallest absolute Gasteiger partial charge is 0.0472 e. The third kappa shape index (κ3) is 4.30. The molecule has 1 aliphatic rings. The Bertz CT molecular complexity index is 368. The second kappa shape index (κ2) is 7.77. The fourth-order valence-electron chi connectivity index (χ4n) is 3.17. The largest absolute Gasteiger partial charge is 0.381 e. The van der Waals surface area contributed by atoms with Crippen molar-refractivity contribution in [2.45, 2.75) is 26.3 Å². The summed E-state index contributed by atoms with van der Waals surface area (Å²) in [5.41, 5.74) is 1.78. The van der Waals surface area contributed by atoms with Crippen LogP contribution < -0.4 is 5.32 Å². The SMILES string of the molecule is CCN(Cc1ccccc1)CC1(CNC)CCOCC1. The van der Waals surface area contributed by atoms with Gasteiger partial charge in [0.15, 0.2) is 0 Å². The molecule has 0 radical (unpaired) electrons. The lowest BCUT2D eigenvalue weighted by Crippen LogP contribution is -2.46. The van der Waals surface area contributed by atoms with Gasteiger partial charge in [0.25, 0.3) is 0 Å². The van der Waals surface area contributed by atoms with Crippen LogP contribution in [0.4, 0.5) is 0 Å². The van der Waals surface area contributed by atoms with Gasteiger partial charge in [-0.25, -0.2) is 0 Å². The van der Waals surface area contributed by atoms with E-state index in [9.17, 15) is 0 Å². The maximum atomic E-state index is 5.56. The van der Waals surface area contributed by atoms with E-state index in [-0.39, 0.29) is 0 Å². The number of benzene rings is 1. The van der Waals surface area contributed by atoms with Crippen molar-refractivity contribution < 1.29 is 4.74 Å². The zero-order chi connectivity index (χ0) is 14.3. The molecule has 0 amide bonds. The highest BCUT2D eigenvalue weighted by Gasteiger charge is 2.33. The number of ether oxygens (including phenoxy) is 1. The van der Waals surface area contributed by atoms with Crippen molar-refractivity contribution in [1.82, 2.24) is 10.2 Å². The molecule has 3 heteroatoms. The first-order valence-electron chi connectivity index (χ1n) is 7.77. The van der Waals surface area contributed by atoms with Crippen molar-refractivity contribution in [3.05, 3.63) is 35.9 Å². The predicted octanol–water partition coefficient (Wildman–Crippen LogP) is 2.52. The van der Waals surface area contributed by atoms with Crippen molar-refractivity contribution in [2.75, 3.05) is 39.9 Å². The highest BCUT2D eigenvalue weighted by Crippen LogP contribution is 2.31. The first-order valence-corrected chi connectivity index (χ1v) is 7.77. The Morgan fingerprint density at radius 2 is 1.90 bits per heavy atom. The molecule has 0 unspecified atom stereocenters. The average molecular weight is 276 g/mol. The lowest BCUT2D eigenvalue weighted by Gasteiger charge is -2.41. The van der Waals surface area contributed by atoms with Gasteiger partial charge in [-0.05, 0) is 37.4 Å². The van der Waals surface area contributed by atoms with Crippen LogP contribution in [-0.4, -0.2) is 44.8 Å². The van der Waals surface area contributed by atoms with Crippen molar-refractivity contribution in [3.8, 4) is 0 Å². The predicted molar refractivity (Wildman–Crippen MR) is 83.8 cm³/mol. The van der Waals surface area contributed by atoms with Crippen molar-refractivity contribution >= 4 is 0 Å². The number of hydrogen-bond acceptors (Lipinski definition) is 3. The van der Waals surface area contributed by atoms with Crippen LogP contribution in [0.1, 0.15) is 25.3 Å². The highest BCUT2D eigenvalue weighted by molar-refractivity contribution is 5.14. The summed E-state index contributed by atoms with van der Waals surface area (Å²) in [6.07, 6.45) is 2.33. The molecule has 1 fully saturated rings. The Morgan fingerprint density at radius 3 is 2.50 bits per heavy atom. The van der Waals surface area contributed by atoms with Gasteiger partial charge in [0.1, 0.15) is 0 Å². The third-order valence-electron chi connectivity index (χ3n) is 4.36. The molecule has 0 spiro atoms. The van der Waals surface area contributed by atoms with Gasteiger partial charge in [-0.1, -0.05) is 37.3 Å². The minimum atomic E-state index is 0.373. The fraction of sp³-hybridized carbons (Fsp3) is 0.647. The molecule has 1 aromatic carbocycles. The van der Waals surface area contributed by atoms with Gasteiger partial charge in [0, 0.05) is 32.8 Å². The summed E-state index contributed by atoms with van der Waals surface area (Å²) < 4.78 is 5.56. The zero-order valence-electron chi connectivity index (χ0n) is 12.9. The third-order valence-corrected chi connectivity index (χ3v) is 4.36. The van der Waals surface area contributed by atoms with Crippen LogP contribution in [0.15, 0.2) is 30.3 Å². The molecule has 1 aliphatic heterocycles. The molecule has 2 rings (SSSR count). The van der Waals surface area contributed by atoms with Crippen LogP contribution in [0.2, 0.25) is 0 Å². The molecule has 1 aromatic rings. The molecule has 0 saturated carbocycles. The van der Waals surface area contributed by atoms with Gasteiger partial charge in [-0.15, -0.1) is 0 Å². The molecular formula is C17H28N2O. The lowest BCUT2D eigenvalue weighted by molar-refractivity contribution is -0.00407. The van der Waals surface area contributed by atoms with E-state index in [1.807, 2.05) is 0 Å². The second-order valence-electron chi connectivity index (χ2n) is 5.93. The maximum absolute atomic E-state index is 5.56. The van der Waals surface area contributed by atoms with Crippen LogP contribution >= 0.6 is 0 Å². The monoisotopic (exact) mass is 276 g/mol. The quantitative estimate of drug-likeness (QED) is 0.828. The highest BCUT2D eigenvalue weighted by atomic mass is 16.5. The Balaban J connectivity index is 1.99. The van der Waals surface area contributed by atoms with E-state index in [2.05, 4.69) is 54.5 Å². The summed E-state index contributed by atoms with van der Waals surface area (Å²) in [7, 11) is 2.06. The van der Waals surface area contributed by atoms with Crippen molar-refractivity contribution in [2.24, 2.45) is 5.41 Å². The molecule has 112 valence electrons. The van der Waals surface area contributed by atoms with Gasteiger partial charge in [0.05, 0.1) is 0 Å². The zero-order valence-corrected chi connectivity index (χ0v) is 12.9. The summed E-state index contributed by atoms with van der Waals surface area (Å²) >= 11 is 0. The van der Waals surface area contributed by atoms with Gasteiger partial charge < -0.3 is 10.1 Å². The molecule has 3 nitrogen and oxygen atoms in total. The molecule has 0 atom stereocenters. The molecule has 0 bridgehead atoms.